The molecule has 1 unspecified atom stereocenters. The van der Waals surface area contributed by atoms with Crippen molar-refractivity contribution in [2.75, 3.05) is 6.54 Å². The normalized spacial score (nSPS) is 11.2. The highest BCUT2D eigenvalue weighted by molar-refractivity contribution is 5.87. The number of benzene rings is 1. The Kier molecular flexibility index (Phi) is 7.44. The van der Waals surface area contributed by atoms with E-state index in [9.17, 15) is 14.4 Å². The number of hydrogen-bond donors (Lipinski definition) is 5. The summed E-state index contributed by atoms with van der Waals surface area (Å²) in [6, 6.07) is 6.62. The summed E-state index contributed by atoms with van der Waals surface area (Å²) in [5, 5.41) is 20.2. The highest BCUT2D eigenvalue weighted by Crippen LogP contribution is 2.19. The summed E-state index contributed by atoms with van der Waals surface area (Å²) in [5.74, 6) is -2.30. The van der Waals surface area contributed by atoms with Gasteiger partial charge in [-0.2, -0.15) is 0 Å². The van der Waals surface area contributed by atoms with E-state index in [-0.39, 0.29) is 19.4 Å². The molecule has 1 aromatic carbocycles. The highest BCUT2D eigenvalue weighted by Gasteiger charge is 2.21. The first-order valence-electron chi connectivity index (χ1n) is 7.38. The summed E-state index contributed by atoms with van der Waals surface area (Å²) in [7, 11) is 0. The van der Waals surface area contributed by atoms with Gasteiger partial charge in [0.15, 0.2) is 0 Å². The maximum atomic E-state index is 11.2. The molecular weight excluding hydrogens is 314 g/mol. The van der Waals surface area contributed by atoms with Crippen LogP contribution in [0.4, 0.5) is 0 Å². The zero-order valence-corrected chi connectivity index (χ0v) is 13.3. The first-order valence-corrected chi connectivity index (χ1v) is 7.38. The van der Waals surface area contributed by atoms with Crippen LogP contribution in [0.3, 0.4) is 0 Å². The van der Waals surface area contributed by atoms with Crippen molar-refractivity contribution >= 4 is 28.7 Å². The van der Waals surface area contributed by atoms with Gasteiger partial charge in [-0.05, 0) is 11.6 Å². The molecule has 1 amide bonds. The van der Waals surface area contributed by atoms with Gasteiger partial charge in [0.25, 0.3) is 0 Å². The number of carboxylic acid groups (broad SMARTS) is 2. The maximum Gasteiger partial charge on any atom is 0.326 e. The van der Waals surface area contributed by atoms with Gasteiger partial charge >= 0.3 is 11.9 Å². The highest BCUT2D eigenvalue weighted by atomic mass is 16.4. The van der Waals surface area contributed by atoms with Crippen LogP contribution in [0.1, 0.15) is 18.9 Å². The first-order chi connectivity index (χ1) is 11.4. The molecule has 0 saturated carbocycles. The predicted molar refractivity (Wildman–Crippen MR) is 88.6 cm³/mol. The largest absolute Gasteiger partial charge is 0.481 e. The van der Waals surface area contributed by atoms with E-state index >= 15 is 0 Å². The van der Waals surface area contributed by atoms with Crippen molar-refractivity contribution < 1.29 is 24.6 Å². The summed E-state index contributed by atoms with van der Waals surface area (Å²) in [5.41, 5.74) is 6.96. The standard InChI is InChI=1S/C13H15N3O3.C3H6O2/c14-6-12(17)16-11(13(18)19)5-8-7-15-10-4-2-1-3-9(8)10;1-2-3(4)5/h1-4,7,11,15H,5-6,14H2,(H,16,17)(H,18,19);2H2,1H3,(H,4,5). The van der Waals surface area contributed by atoms with Gasteiger partial charge in [0.1, 0.15) is 6.04 Å². The van der Waals surface area contributed by atoms with E-state index in [1.807, 2.05) is 24.3 Å². The van der Waals surface area contributed by atoms with Gasteiger partial charge in [-0.25, -0.2) is 4.79 Å². The first kappa shape index (κ1) is 19.2. The van der Waals surface area contributed by atoms with E-state index < -0.39 is 23.9 Å². The number of aromatic amines is 1. The number of rotatable bonds is 6. The predicted octanol–water partition coefficient (Wildman–Crippen LogP) is 0.720. The molecule has 0 radical (unpaired) electrons. The molecule has 0 aliphatic carbocycles. The topological polar surface area (TPSA) is 146 Å². The van der Waals surface area contributed by atoms with Crippen molar-refractivity contribution in [3.05, 3.63) is 36.0 Å². The van der Waals surface area contributed by atoms with Crippen LogP contribution in [0.15, 0.2) is 30.5 Å². The number of carbonyl (C=O) groups excluding carboxylic acids is 1. The van der Waals surface area contributed by atoms with Crippen molar-refractivity contribution in [2.45, 2.75) is 25.8 Å². The van der Waals surface area contributed by atoms with E-state index in [0.29, 0.717) is 0 Å². The summed E-state index contributed by atoms with van der Waals surface area (Å²) in [6.45, 7) is 1.37. The molecular formula is C16H21N3O5. The zero-order valence-electron chi connectivity index (χ0n) is 13.3. The Balaban J connectivity index is 0.000000505. The maximum absolute atomic E-state index is 11.2. The molecule has 6 N–H and O–H groups in total. The van der Waals surface area contributed by atoms with Crippen molar-refractivity contribution in [2.24, 2.45) is 5.73 Å². The summed E-state index contributed by atoms with van der Waals surface area (Å²) in [4.78, 5) is 34.8. The molecule has 24 heavy (non-hydrogen) atoms. The summed E-state index contributed by atoms with van der Waals surface area (Å²) in [6.07, 6.45) is 2.19. The van der Waals surface area contributed by atoms with Crippen LogP contribution in [0, 0.1) is 0 Å². The molecule has 0 bridgehead atoms. The van der Waals surface area contributed by atoms with Crippen LogP contribution in [0.2, 0.25) is 0 Å². The monoisotopic (exact) mass is 335 g/mol. The van der Waals surface area contributed by atoms with Gasteiger partial charge in [0, 0.05) is 29.9 Å². The fourth-order valence-corrected chi connectivity index (χ4v) is 1.97. The molecule has 1 heterocycles. The molecule has 0 saturated heterocycles. The third-order valence-electron chi connectivity index (χ3n) is 3.22. The van der Waals surface area contributed by atoms with E-state index in [1.165, 1.54) is 0 Å². The molecule has 130 valence electrons. The van der Waals surface area contributed by atoms with Crippen LogP contribution in [0.5, 0.6) is 0 Å². The van der Waals surface area contributed by atoms with E-state index in [0.717, 1.165) is 16.5 Å². The molecule has 0 spiro atoms. The second kappa shape index (κ2) is 9.31. The van der Waals surface area contributed by atoms with E-state index in [1.54, 1.807) is 13.1 Å². The van der Waals surface area contributed by atoms with Crippen LogP contribution in [0.25, 0.3) is 10.9 Å². The second-order valence-corrected chi connectivity index (χ2v) is 4.97. The minimum absolute atomic E-state index is 0.213. The van der Waals surface area contributed by atoms with E-state index in [4.69, 9.17) is 15.9 Å². The average molecular weight is 335 g/mol. The fourth-order valence-electron chi connectivity index (χ4n) is 1.97. The van der Waals surface area contributed by atoms with Gasteiger partial charge in [0.05, 0.1) is 6.54 Å². The number of carbonyl (C=O) groups is 3. The van der Waals surface area contributed by atoms with Crippen LogP contribution in [-0.4, -0.2) is 45.6 Å². The number of aliphatic carboxylic acids is 2. The minimum atomic E-state index is -1.08. The molecule has 2 rings (SSSR count). The smallest absolute Gasteiger partial charge is 0.326 e. The summed E-state index contributed by atoms with van der Waals surface area (Å²) < 4.78 is 0. The quantitative estimate of drug-likeness (QED) is 0.526. The van der Waals surface area contributed by atoms with Crippen molar-refractivity contribution in [1.29, 1.82) is 0 Å². The lowest BCUT2D eigenvalue weighted by Crippen LogP contribution is -2.44. The van der Waals surface area contributed by atoms with Gasteiger partial charge in [0.2, 0.25) is 5.91 Å². The molecule has 8 heteroatoms. The van der Waals surface area contributed by atoms with Crippen LogP contribution in [-0.2, 0) is 20.8 Å². The van der Waals surface area contributed by atoms with Crippen molar-refractivity contribution in [3.63, 3.8) is 0 Å². The van der Waals surface area contributed by atoms with Gasteiger partial charge in [-0.3, -0.25) is 9.59 Å². The molecule has 1 atom stereocenters. The number of para-hydroxylation sites is 1. The third kappa shape index (κ3) is 5.73. The number of hydrogen-bond acceptors (Lipinski definition) is 4. The number of amides is 1. The fraction of sp³-hybridized carbons (Fsp3) is 0.312. The van der Waals surface area contributed by atoms with Gasteiger partial charge in [-0.1, -0.05) is 25.1 Å². The number of nitrogens with one attached hydrogen (secondary N) is 2. The summed E-state index contributed by atoms with van der Waals surface area (Å²) >= 11 is 0. The van der Waals surface area contributed by atoms with Crippen molar-refractivity contribution in [1.82, 2.24) is 10.3 Å². The second-order valence-electron chi connectivity index (χ2n) is 4.97. The van der Waals surface area contributed by atoms with Gasteiger partial charge in [-0.15, -0.1) is 0 Å². The molecule has 2 aromatic rings. The lowest BCUT2D eigenvalue weighted by atomic mass is 10.1. The molecule has 0 aliphatic rings. The van der Waals surface area contributed by atoms with Crippen molar-refractivity contribution in [3.8, 4) is 0 Å². The van der Waals surface area contributed by atoms with E-state index in [2.05, 4.69) is 10.3 Å². The number of carboxylic acids is 2. The number of fused-ring (bicyclic) bond motifs is 1. The minimum Gasteiger partial charge on any atom is -0.481 e. The molecule has 0 aliphatic heterocycles. The number of H-pyrrole nitrogens is 1. The Hall–Kier alpha value is -2.87. The number of nitrogens with two attached hydrogens (primary N) is 1. The lowest BCUT2D eigenvalue weighted by molar-refractivity contribution is -0.141. The Labute approximate surface area is 138 Å². The Morgan fingerprint density at radius 1 is 1.25 bits per heavy atom. The Morgan fingerprint density at radius 3 is 2.42 bits per heavy atom. The van der Waals surface area contributed by atoms with Crippen LogP contribution >= 0.6 is 0 Å². The third-order valence-corrected chi connectivity index (χ3v) is 3.22. The molecule has 0 fully saturated rings. The van der Waals surface area contributed by atoms with Gasteiger partial charge < -0.3 is 26.2 Å². The SMILES string of the molecule is CCC(=O)O.NCC(=O)NC(Cc1c[nH]c2ccccc12)C(=O)O. The van der Waals surface area contributed by atoms with Crippen LogP contribution < -0.4 is 11.1 Å². The molecule has 8 nitrogen and oxygen atoms in total. The lowest BCUT2D eigenvalue weighted by Gasteiger charge is -2.13. The zero-order chi connectivity index (χ0) is 18.1. The molecule has 1 aromatic heterocycles. The Morgan fingerprint density at radius 2 is 1.88 bits per heavy atom. The average Bonchev–Trinajstić information content (AvgIpc) is 2.97. The Bertz CT molecular complexity index is 711. The number of aromatic nitrogens is 1.